The standard InChI is InChI=1S/C14H16N2O3/c17-13(18)9-5-7-10(8-6-9)15-14-16-11-3-1-2-4-12(11)19-14/h1-4,9-10H,5-8H2,(H,15,16)(H,17,18). The molecule has 1 aromatic carbocycles. The van der Waals surface area contributed by atoms with Crippen molar-refractivity contribution in [1.29, 1.82) is 0 Å². The predicted molar refractivity (Wildman–Crippen MR) is 71.0 cm³/mol. The lowest BCUT2D eigenvalue weighted by Gasteiger charge is -2.26. The lowest BCUT2D eigenvalue weighted by atomic mass is 9.86. The van der Waals surface area contributed by atoms with Crippen molar-refractivity contribution in [2.24, 2.45) is 5.92 Å². The van der Waals surface area contributed by atoms with Crippen molar-refractivity contribution in [3.63, 3.8) is 0 Å². The van der Waals surface area contributed by atoms with Gasteiger partial charge in [0, 0.05) is 6.04 Å². The molecule has 1 aromatic heterocycles. The maximum absolute atomic E-state index is 10.9. The van der Waals surface area contributed by atoms with Gasteiger partial charge in [-0.15, -0.1) is 0 Å². The van der Waals surface area contributed by atoms with E-state index in [1.165, 1.54) is 0 Å². The summed E-state index contributed by atoms with van der Waals surface area (Å²) in [6, 6.07) is 8.41. The van der Waals surface area contributed by atoms with Crippen LogP contribution in [0.5, 0.6) is 0 Å². The van der Waals surface area contributed by atoms with E-state index in [1.807, 2.05) is 24.3 Å². The summed E-state index contributed by atoms with van der Waals surface area (Å²) in [5.74, 6) is -0.873. The zero-order valence-electron chi connectivity index (χ0n) is 10.5. The fourth-order valence-electron chi connectivity index (χ4n) is 2.59. The smallest absolute Gasteiger partial charge is 0.306 e. The minimum Gasteiger partial charge on any atom is -0.481 e. The number of anilines is 1. The second-order valence-corrected chi connectivity index (χ2v) is 5.02. The van der Waals surface area contributed by atoms with Crippen molar-refractivity contribution in [2.75, 3.05) is 5.32 Å². The third kappa shape index (κ3) is 2.54. The quantitative estimate of drug-likeness (QED) is 0.887. The van der Waals surface area contributed by atoms with Crippen molar-refractivity contribution in [2.45, 2.75) is 31.7 Å². The van der Waals surface area contributed by atoms with E-state index in [1.54, 1.807) is 0 Å². The van der Waals surface area contributed by atoms with E-state index in [4.69, 9.17) is 9.52 Å². The third-order valence-electron chi connectivity index (χ3n) is 3.70. The van der Waals surface area contributed by atoms with Crippen molar-refractivity contribution >= 4 is 23.1 Å². The molecule has 100 valence electrons. The highest BCUT2D eigenvalue weighted by atomic mass is 16.4. The predicted octanol–water partition coefficient (Wildman–Crippen LogP) is 2.88. The number of aliphatic carboxylic acids is 1. The van der Waals surface area contributed by atoms with Crippen molar-refractivity contribution in [3.8, 4) is 0 Å². The molecule has 1 heterocycles. The lowest BCUT2D eigenvalue weighted by molar-refractivity contribution is -0.142. The minimum absolute atomic E-state index is 0.193. The van der Waals surface area contributed by atoms with Crippen LogP contribution in [0.2, 0.25) is 0 Å². The Morgan fingerprint density at radius 2 is 2.00 bits per heavy atom. The molecule has 2 N–H and O–H groups in total. The van der Waals surface area contributed by atoms with Gasteiger partial charge in [-0.2, -0.15) is 4.98 Å². The number of carbonyl (C=O) groups is 1. The summed E-state index contributed by atoms with van der Waals surface area (Å²) < 4.78 is 5.61. The Labute approximate surface area is 110 Å². The van der Waals surface area contributed by atoms with Crippen LogP contribution in [0.3, 0.4) is 0 Å². The van der Waals surface area contributed by atoms with Gasteiger partial charge in [-0.05, 0) is 37.8 Å². The number of hydrogen-bond acceptors (Lipinski definition) is 4. The molecule has 0 saturated heterocycles. The van der Waals surface area contributed by atoms with E-state index < -0.39 is 5.97 Å². The number of oxazole rings is 1. The Morgan fingerprint density at radius 1 is 1.26 bits per heavy atom. The molecule has 0 bridgehead atoms. The van der Waals surface area contributed by atoms with E-state index in [0.717, 1.165) is 23.9 Å². The average Bonchev–Trinajstić information content (AvgIpc) is 2.81. The highest BCUT2D eigenvalue weighted by molar-refractivity contribution is 5.74. The highest BCUT2D eigenvalue weighted by Crippen LogP contribution is 2.27. The van der Waals surface area contributed by atoms with E-state index >= 15 is 0 Å². The summed E-state index contributed by atoms with van der Waals surface area (Å²) in [6.45, 7) is 0. The van der Waals surface area contributed by atoms with Gasteiger partial charge in [0.05, 0.1) is 5.92 Å². The molecular formula is C14H16N2O3. The van der Waals surface area contributed by atoms with Crippen LogP contribution in [-0.2, 0) is 4.79 Å². The number of aromatic nitrogens is 1. The minimum atomic E-state index is -0.680. The summed E-state index contributed by atoms with van der Waals surface area (Å²) in [5.41, 5.74) is 1.61. The van der Waals surface area contributed by atoms with E-state index in [9.17, 15) is 4.79 Å². The van der Waals surface area contributed by atoms with Crippen LogP contribution in [0.25, 0.3) is 11.1 Å². The molecule has 0 atom stereocenters. The summed E-state index contributed by atoms with van der Waals surface area (Å²) in [5, 5.41) is 12.2. The van der Waals surface area contributed by atoms with Gasteiger partial charge >= 0.3 is 5.97 Å². The Morgan fingerprint density at radius 3 is 2.68 bits per heavy atom. The first-order valence-corrected chi connectivity index (χ1v) is 6.57. The van der Waals surface area contributed by atoms with Crippen LogP contribution in [0, 0.1) is 5.92 Å². The molecule has 5 heteroatoms. The van der Waals surface area contributed by atoms with Crippen LogP contribution in [0.4, 0.5) is 6.01 Å². The number of para-hydroxylation sites is 2. The molecule has 1 fully saturated rings. The third-order valence-corrected chi connectivity index (χ3v) is 3.70. The molecular weight excluding hydrogens is 244 g/mol. The topological polar surface area (TPSA) is 75.4 Å². The molecule has 1 aliphatic rings. The largest absolute Gasteiger partial charge is 0.481 e. The molecule has 0 unspecified atom stereocenters. The van der Waals surface area contributed by atoms with Crippen LogP contribution in [-0.4, -0.2) is 22.1 Å². The van der Waals surface area contributed by atoms with Crippen LogP contribution >= 0.6 is 0 Å². The maximum Gasteiger partial charge on any atom is 0.306 e. The summed E-state index contributed by atoms with van der Waals surface area (Å²) in [4.78, 5) is 15.3. The van der Waals surface area contributed by atoms with Crippen molar-refractivity contribution < 1.29 is 14.3 Å². The molecule has 0 amide bonds. The molecule has 0 radical (unpaired) electrons. The number of carboxylic acid groups (broad SMARTS) is 1. The van der Waals surface area contributed by atoms with Gasteiger partial charge in [0.25, 0.3) is 6.01 Å². The van der Waals surface area contributed by atoms with Crippen LogP contribution < -0.4 is 5.32 Å². The average molecular weight is 260 g/mol. The lowest BCUT2D eigenvalue weighted by Crippen LogP contribution is -2.29. The molecule has 1 aliphatic carbocycles. The molecule has 19 heavy (non-hydrogen) atoms. The van der Waals surface area contributed by atoms with Gasteiger partial charge in [0.2, 0.25) is 0 Å². The SMILES string of the molecule is O=C(O)C1CCC(Nc2nc3ccccc3o2)CC1. The Hall–Kier alpha value is -2.04. The van der Waals surface area contributed by atoms with Crippen molar-refractivity contribution in [1.82, 2.24) is 4.98 Å². The number of nitrogens with one attached hydrogen (secondary N) is 1. The number of rotatable bonds is 3. The number of carboxylic acids is 1. The van der Waals surface area contributed by atoms with Gasteiger partial charge in [-0.3, -0.25) is 4.79 Å². The first-order valence-electron chi connectivity index (χ1n) is 6.57. The second kappa shape index (κ2) is 4.91. The zero-order chi connectivity index (χ0) is 13.2. The van der Waals surface area contributed by atoms with Gasteiger partial charge < -0.3 is 14.8 Å². The van der Waals surface area contributed by atoms with E-state index in [0.29, 0.717) is 18.9 Å². The number of benzene rings is 1. The van der Waals surface area contributed by atoms with Crippen molar-refractivity contribution in [3.05, 3.63) is 24.3 Å². The Bertz CT molecular complexity index is 552. The molecule has 0 spiro atoms. The first-order chi connectivity index (χ1) is 9.22. The van der Waals surface area contributed by atoms with Gasteiger partial charge in [-0.1, -0.05) is 12.1 Å². The number of nitrogens with zero attached hydrogens (tertiary/aromatic N) is 1. The number of hydrogen-bond donors (Lipinski definition) is 2. The van der Waals surface area contributed by atoms with Gasteiger partial charge in [0.1, 0.15) is 5.52 Å². The van der Waals surface area contributed by atoms with Gasteiger partial charge in [0.15, 0.2) is 5.58 Å². The fraction of sp³-hybridized carbons (Fsp3) is 0.429. The van der Waals surface area contributed by atoms with Crippen LogP contribution in [0.15, 0.2) is 28.7 Å². The second-order valence-electron chi connectivity index (χ2n) is 5.02. The fourth-order valence-corrected chi connectivity index (χ4v) is 2.59. The number of fused-ring (bicyclic) bond motifs is 1. The molecule has 0 aliphatic heterocycles. The molecule has 2 aromatic rings. The molecule has 5 nitrogen and oxygen atoms in total. The van der Waals surface area contributed by atoms with E-state index in [2.05, 4.69) is 10.3 Å². The normalized spacial score (nSPS) is 23.4. The molecule has 1 saturated carbocycles. The summed E-state index contributed by atoms with van der Waals surface area (Å²) in [7, 11) is 0. The summed E-state index contributed by atoms with van der Waals surface area (Å²) >= 11 is 0. The Kier molecular flexibility index (Phi) is 3.11. The first kappa shape index (κ1) is 12.0. The van der Waals surface area contributed by atoms with E-state index in [-0.39, 0.29) is 12.0 Å². The zero-order valence-corrected chi connectivity index (χ0v) is 10.5. The highest BCUT2D eigenvalue weighted by Gasteiger charge is 2.26. The maximum atomic E-state index is 10.9. The summed E-state index contributed by atoms with van der Waals surface area (Å²) in [6.07, 6.45) is 3.12. The monoisotopic (exact) mass is 260 g/mol. The molecule has 3 rings (SSSR count). The van der Waals surface area contributed by atoms with Gasteiger partial charge in [-0.25, -0.2) is 0 Å². The van der Waals surface area contributed by atoms with Crippen LogP contribution in [0.1, 0.15) is 25.7 Å². The Balaban J connectivity index is 1.64.